The van der Waals surface area contributed by atoms with Crippen LogP contribution in [-0.4, -0.2) is 19.1 Å². The van der Waals surface area contributed by atoms with E-state index in [0.717, 1.165) is 23.3 Å². The Morgan fingerprint density at radius 3 is 2.32 bits per heavy atom. The van der Waals surface area contributed by atoms with Crippen LogP contribution in [0.25, 0.3) is 12.2 Å². The van der Waals surface area contributed by atoms with E-state index in [2.05, 4.69) is 0 Å². The minimum atomic E-state index is -1.59. The first-order chi connectivity index (χ1) is 15.1. The molecule has 2 aliphatic rings. The number of benzene rings is 3. The lowest BCUT2D eigenvalue weighted by molar-refractivity contribution is -0.256. The van der Waals surface area contributed by atoms with Crippen molar-refractivity contribution in [2.75, 3.05) is 18.1 Å². The summed E-state index contributed by atoms with van der Waals surface area (Å²) in [6.07, 6.45) is 4.58. The molecule has 0 aliphatic carbocycles. The summed E-state index contributed by atoms with van der Waals surface area (Å²) in [7, 11) is 0. The van der Waals surface area contributed by atoms with Crippen LogP contribution in [0.3, 0.4) is 0 Å². The van der Waals surface area contributed by atoms with Crippen molar-refractivity contribution in [2.45, 2.75) is 12.2 Å². The van der Waals surface area contributed by atoms with Crippen molar-refractivity contribution in [3.63, 3.8) is 0 Å². The number of amides is 1. The fourth-order valence-electron chi connectivity index (χ4n) is 3.94. The number of nitrogens with zero attached hydrogens (tertiary/aromatic N) is 1. The lowest BCUT2D eigenvalue weighted by Crippen LogP contribution is -2.46. The van der Waals surface area contributed by atoms with Crippen LogP contribution in [0.5, 0.6) is 0 Å². The third-order valence-corrected chi connectivity index (χ3v) is 5.43. The van der Waals surface area contributed by atoms with Crippen LogP contribution >= 0.6 is 0 Å². The third kappa shape index (κ3) is 3.34. The summed E-state index contributed by atoms with van der Waals surface area (Å²) in [5.41, 5.74) is 3.20. The van der Waals surface area contributed by atoms with Gasteiger partial charge < -0.3 is 9.47 Å². The van der Waals surface area contributed by atoms with Gasteiger partial charge in [-0.15, -0.1) is 0 Å². The number of fused-ring (bicyclic) bond motifs is 2. The second-order valence-electron chi connectivity index (χ2n) is 7.43. The predicted molar refractivity (Wildman–Crippen MR) is 114 cm³/mol. The van der Waals surface area contributed by atoms with Crippen molar-refractivity contribution in [1.29, 1.82) is 0 Å². The zero-order valence-electron chi connectivity index (χ0n) is 16.6. The molecule has 0 saturated carbocycles. The second-order valence-corrected chi connectivity index (χ2v) is 7.43. The number of ether oxygens (including phenoxy) is 2. The van der Waals surface area contributed by atoms with Crippen molar-refractivity contribution in [3.8, 4) is 0 Å². The third-order valence-electron chi connectivity index (χ3n) is 5.43. The summed E-state index contributed by atoms with van der Waals surface area (Å²) in [6.45, 7) is 0.724. The Morgan fingerprint density at radius 1 is 0.839 bits per heavy atom. The molecule has 6 heteroatoms. The summed E-state index contributed by atoms with van der Waals surface area (Å²) in [5, 5.41) is 0. The zero-order chi connectivity index (χ0) is 21.4. The molecule has 3 aromatic carbocycles. The molecule has 1 saturated heterocycles. The van der Waals surface area contributed by atoms with Gasteiger partial charge in [0, 0.05) is 11.6 Å². The van der Waals surface area contributed by atoms with E-state index >= 15 is 0 Å². The highest BCUT2D eigenvalue weighted by molar-refractivity contribution is 6.11. The first-order valence-electron chi connectivity index (χ1n) is 10.0. The Labute approximate surface area is 178 Å². The first kappa shape index (κ1) is 19.6. The zero-order valence-corrected chi connectivity index (χ0v) is 16.6. The number of carbonyl (C=O) groups excluding carboxylic acids is 1. The molecule has 3 aromatic rings. The van der Waals surface area contributed by atoms with Gasteiger partial charge in [-0.2, -0.15) is 0 Å². The van der Waals surface area contributed by atoms with Gasteiger partial charge in [0.15, 0.2) is 11.6 Å². The molecule has 0 atom stereocenters. The minimum Gasteiger partial charge on any atom is -0.338 e. The van der Waals surface area contributed by atoms with E-state index in [1.807, 2.05) is 54.6 Å². The molecule has 2 heterocycles. The highest BCUT2D eigenvalue weighted by atomic mass is 19.2. The van der Waals surface area contributed by atoms with Crippen LogP contribution in [0.1, 0.15) is 23.1 Å². The van der Waals surface area contributed by atoms with Crippen LogP contribution in [0.2, 0.25) is 0 Å². The maximum absolute atomic E-state index is 13.9. The Kier molecular flexibility index (Phi) is 4.88. The van der Waals surface area contributed by atoms with E-state index in [0.29, 0.717) is 30.9 Å². The molecule has 4 nitrogen and oxygen atoms in total. The van der Waals surface area contributed by atoms with E-state index < -0.39 is 23.3 Å². The van der Waals surface area contributed by atoms with Crippen molar-refractivity contribution >= 4 is 29.4 Å². The number of hydrogen-bond donors (Lipinski definition) is 0. The summed E-state index contributed by atoms with van der Waals surface area (Å²) in [4.78, 5) is 14.8. The monoisotopic (exact) mass is 419 g/mol. The summed E-state index contributed by atoms with van der Waals surface area (Å²) in [5.74, 6) is -4.07. The summed E-state index contributed by atoms with van der Waals surface area (Å²) in [6, 6.07) is 18.7. The maximum atomic E-state index is 13.9. The maximum Gasteiger partial charge on any atom is 0.297 e. The van der Waals surface area contributed by atoms with Crippen LogP contribution in [0, 0.1) is 11.6 Å². The van der Waals surface area contributed by atoms with Gasteiger partial charge in [0.2, 0.25) is 0 Å². The molecule has 1 fully saturated rings. The minimum absolute atomic E-state index is 0.215. The molecule has 0 radical (unpaired) electrons. The van der Waals surface area contributed by atoms with Gasteiger partial charge >= 0.3 is 0 Å². The van der Waals surface area contributed by atoms with E-state index in [4.69, 9.17) is 9.47 Å². The van der Waals surface area contributed by atoms with Crippen molar-refractivity contribution in [2.24, 2.45) is 0 Å². The predicted octanol–water partition coefficient (Wildman–Crippen LogP) is 5.40. The SMILES string of the molecule is O=C1N(c2ccc(F)c(F)c2)c2ccc(C=Cc3ccccc3)cc2C12OCCCO2. The van der Waals surface area contributed by atoms with E-state index in [9.17, 15) is 13.6 Å². The molecule has 156 valence electrons. The van der Waals surface area contributed by atoms with Crippen LogP contribution in [0.4, 0.5) is 20.2 Å². The van der Waals surface area contributed by atoms with Crippen molar-refractivity contribution in [3.05, 3.63) is 95.1 Å². The standard InChI is InChI=1S/C25H19F2NO3/c26-21-11-10-19(16-22(21)27)28-23-12-9-18(8-7-17-5-2-1-3-6-17)15-20(23)25(24(28)29)30-13-4-14-31-25/h1-3,5-12,15-16H,4,13-14H2. The van der Waals surface area contributed by atoms with Gasteiger partial charge in [0.05, 0.1) is 24.6 Å². The lowest BCUT2D eigenvalue weighted by Gasteiger charge is -2.32. The normalized spacial score (nSPS) is 17.5. The number of carbonyl (C=O) groups is 1. The van der Waals surface area contributed by atoms with Crippen LogP contribution in [-0.2, 0) is 20.1 Å². The molecule has 0 unspecified atom stereocenters. The topological polar surface area (TPSA) is 38.8 Å². The highest BCUT2D eigenvalue weighted by Gasteiger charge is 2.55. The fraction of sp³-hybridized carbons (Fsp3) is 0.160. The lowest BCUT2D eigenvalue weighted by atomic mass is 10.0. The molecule has 5 rings (SSSR count). The Balaban J connectivity index is 1.60. The molecule has 1 spiro atoms. The number of rotatable bonds is 3. The van der Waals surface area contributed by atoms with E-state index in [1.54, 1.807) is 6.07 Å². The van der Waals surface area contributed by atoms with Gasteiger partial charge in [0.25, 0.3) is 11.7 Å². The molecule has 2 aliphatic heterocycles. The Morgan fingerprint density at radius 2 is 1.58 bits per heavy atom. The van der Waals surface area contributed by atoms with Gasteiger partial charge in [-0.1, -0.05) is 48.6 Å². The molecular weight excluding hydrogens is 400 g/mol. The first-order valence-corrected chi connectivity index (χ1v) is 10.0. The average molecular weight is 419 g/mol. The highest BCUT2D eigenvalue weighted by Crippen LogP contribution is 2.48. The van der Waals surface area contributed by atoms with Gasteiger partial charge in [-0.25, -0.2) is 8.78 Å². The average Bonchev–Trinajstić information content (AvgIpc) is 3.03. The van der Waals surface area contributed by atoms with Gasteiger partial charge in [-0.05, 0) is 41.8 Å². The van der Waals surface area contributed by atoms with E-state index in [1.165, 1.54) is 11.0 Å². The number of anilines is 2. The molecule has 0 bridgehead atoms. The second kappa shape index (κ2) is 7.72. The smallest absolute Gasteiger partial charge is 0.297 e. The molecule has 31 heavy (non-hydrogen) atoms. The van der Waals surface area contributed by atoms with Crippen molar-refractivity contribution in [1.82, 2.24) is 0 Å². The Bertz CT molecular complexity index is 1170. The number of hydrogen-bond acceptors (Lipinski definition) is 3. The fourth-order valence-corrected chi connectivity index (χ4v) is 3.94. The largest absolute Gasteiger partial charge is 0.338 e. The van der Waals surface area contributed by atoms with Gasteiger partial charge in [0.1, 0.15) is 0 Å². The van der Waals surface area contributed by atoms with Crippen molar-refractivity contribution < 1.29 is 23.0 Å². The quantitative estimate of drug-likeness (QED) is 0.534. The number of halogens is 2. The van der Waals surface area contributed by atoms with E-state index in [-0.39, 0.29) is 5.69 Å². The van der Waals surface area contributed by atoms with Gasteiger partial charge in [-0.3, -0.25) is 9.69 Å². The molecule has 1 amide bonds. The Hall–Kier alpha value is -3.35. The summed E-state index contributed by atoms with van der Waals surface area (Å²) < 4.78 is 39.1. The van der Waals surface area contributed by atoms with Crippen LogP contribution < -0.4 is 4.90 Å². The molecule has 0 aromatic heterocycles. The molecular formula is C25H19F2NO3. The molecule has 0 N–H and O–H groups in total. The van der Waals surface area contributed by atoms with Crippen LogP contribution in [0.15, 0.2) is 66.7 Å². The summed E-state index contributed by atoms with van der Waals surface area (Å²) >= 11 is 0.